The number of piperidine rings is 2. The van der Waals surface area contributed by atoms with Crippen LogP contribution in [0.15, 0.2) is 6.08 Å². The number of hydrogen-bond donors (Lipinski definition) is 0. The van der Waals surface area contributed by atoms with Crippen molar-refractivity contribution in [3.63, 3.8) is 0 Å². The van der Waals surface area contributed by atoms with Crippen LogP contribution in [0.1, 0.15) is 58.8 Å². The molecule has 1 saturated carbocycles. The number of alkyl halides is 1. The highest BCUT2D eigenvalue weighted by atomic mass is 127. The van der Waals surface area contributed by atoms with Gasteiger partial charge in [0.25, 0.3) is 0 Å². The Labute approximate surface area is 204 Å². The average Bonchev–Trinajstić information content (AvgIpc) is 2.75. The quantitative estimate of drug-likeness (QED) is 0.259. The van der Waals surface area contributed by atoms with Crippen molar-refractivity contribution in [3.8, 4) is 0 Å². The molecule has 176 valence electrons. The molecule has 0 N–H and O–H groups in total. The summed E-state index contributed by atoms with van der Waals surface area (Å²) in [5, 5.41) is 0. The molecule has 3 atom stereocenters. The maximum absolute atomic E-state index is 6.40. The van der Waals surface area contributed by atoms with Crippen molar-refractivity contribution >= 4 is 28.5 Å². The molecule has 4 nitrogen and oxygen atoms in total. The fraction of sp³-hybridized carbons (Fsp3) is 0.923. The van der Waals surface area contributed by atoms with E-state index in [0.29, 0.717) is 12.2 Å². The molecule has 0 radical (unpaired) electrons. The molecular formula is C26H45IN3O+. The fourth-order valence-electron chi connectivity index (χ4n) is 6.01. The molecule has 0 amide bonds. The molecule has 31 heavy (non-hydrogen) atoms. The Bertz CT molecular complexity index is 625. The van der Waals surface area contributed by atoms with E-state index in [9.17, 15) is 0 Å². The van der Waals surface area contributed by atoms with Gasteiger partial charge in [-0.15, -0.1) is 0 Å². The molecule has 3 fully saturated rings. The van der Waals surface area contributed by atoms with Crippen molar-refractivity contribution in [2.24, 2.45) is 23.7 Å². The van der Waals surface area contributed by atoms with Gasteiger partial charge in [0.2, 0.25) is 0 Å². The fourth-order valence-corrected chi connectivity index (χ4v) is 6.60. The van der Waals surface area contributed by atoms with Crippen molar-refractivity contribution in [3.05, 3.63) is 6.08 Å². The van der Waals surface area contributed by atoms with Crippen LogP contribution in [0.5, 0.6) is 0 Å². The molecule has 3 heterocycles. The van der Waals surface area contributed by atoms with Crippen LogP contribution in [-0.4, -0.2) is 89.2 Å². The zero-order valence-electron chi connectivity index (χ0n) is 20.1. The highest BCUT2D eigenvalue weighted by molar-refractivity contribution is 14.1. The predicted octanol–water partition coefficient (Wildman–Crippen LogP) is 4.31. The summed E-state index contributed by atoms with van der Waals surface area (Å²) in [6, 6.07) is 0. The van der Waals surface area contributed by atoms with Crippen molar-refractivity contribution < 1.29 is 9.31 Å². The van der Waals surface area contributed by atoms with Gasteiger partial charge in [-0.2, -0.15) is 4.58 Å². The van der Waals surface area contributed by atoms with Crippen LogP contribution in [0.3, 0.4) is 0 Å². The number of halogens is 1. The van der Waals surface area contributed by atoms with E-state index in [4.69, 9.17) is 4.74 Å². The highest BCUT2D eigenvalue weighted by Gasteiger charge is 2.35. The number of ether oxygens (including phenoxy) is 1. The van der Waals surface area contributed by atoms with Crippen molar-refractivity contribution in [1.29, 1.82) is 0 Å². The Morgan fingerprint density at radius 1 is 1.03 bits per heavy atom. The molecule has 0 aromatic carbocycles. The van der Waals surface area contributed by atoms with Crippen LogP contribution in [-0.2, 0) is 4.74 Å². The number of rotatable bonds is 8. The lowest BCUT2D eigenvalue weighted by molar-refractivity contribution is -0.533. The van der Waals surface area contributed by atoms with Crippen molar-refractivity contribution in [2.45, 2.75) is 74.9 Å². The summed E-state index contributed by atoms with van der Waals surface area (Å²) in [7, 11) is 2.24. The van der Waals surface area contributed by atoms with E-state index >= 15 is 0 Å². The highest BCUT2D eigenvalue weighted by Crippen LogP contribution is 2.35. The Morgan fingerprint density at radius 3 is 2.35 bits per heavy atom. The van der Waals surface area contributed by atoms with Crippen LogP contribution in [0.25, 0.3) is 0 Å². The zero-order valence-corrected chi connectivity index (χ0v) is 22.3. The molecule has 0 bridgehead atoms. The van der Waals surface area contributed by atoms with E-state index in [1.165, 1.54) is 77.8 Å². The SMILES string of the molecule is CC(C1CCN(CC2CC(OC3C=C=[N+](CC4CCN(C)CC4)CC3)C2)CC1)[C@@H](C)I. The number of hydrogen-bond acceptors (Lipinski definition) is 3. The van der Waals surface area contributed by atoms with Crippen molar-refractivity contribution in [2.75, 3.05) is 52.9 Å². The maximum atomic E-state index is 6.40. The van der Waals surface area contributed by atoms with E-state index in [-0.39, 0.29) is 0 Å². The summed E-state index contributed by atoms with van der Waals surface area (Å²) in [6.07, 6.45) is 12.2. The second kappa shape index (κ2) is 11.5. The Kier molecular flexibility index (Phi) is 8.95. The minimum atomic E-state index is 0.298. The van der Waals surface area contributed by atoms with Gasteiger partial charge in [0, 0.05) is 22.8 Å². The first kappa shape index (κ1) is 24.2. The lowest BCUT2D eigenvalue weighted by Gasteiger charge is -2.42. The minimum absolute atomic E-state index is 0.298. The molecule has 0 spiro atoms. The third-order valence-electron chi connectivity index (χ3n) is 8.62. The molecule has 2 unspecified atom stereocenters. The van der Waals surface area contributed by atoms with Gasteiger partial charge in [-0.1, -0.05) is 36.4 Å². The topological polar surface area (TPSA) is 18.7 Å². The first-order valence-corrected chi connectivity index (χ1v) is 14.3. The van der Waals surface area contributed by atoms with Gasteiger partial charge in [0.15, 0.2) is 19.0 Å². The van der Waals surface area contributed by atoms with Crippen LogP contribution in [0, 0.1) is 23.7 Å². The average molecular weight is 543 g/mol. The van der Waals surface area contributed by atoms with Crippen LogP contribution >= 0.6 is 22.6 Å². The van der Waals surface area contributed by atoms with E-state index in [0.717, 1.165) is 40.6 Å². The lowest BCUT2D eigenvalue weighted by Crippen LogP contribution is -2.45. The summed E-state index contributed by atoms with van der Waals surface area (Å²) in [4.78, 5) is 5.19. The molecule has 5 heteroatoms. The second-order valence-corrected chi connectivity index (χ2v) is 13.1. The Balaban J connectivity index is 1.11. The maximum Gasteiger partial charge on any atom is 0.165 e. The first-order chi connectivity index (χ1) is 15.0. The van der Waals surface area contributed by atoms with Crippen LogP contribution in [0.2, 0.25) is 0 Å². The van der Waals surface area contributed by atoms with Gasteiger partial charge >= 0.3 is 0 Å². The largest absolute Gasteiger partial charge is 0.370 e. The van der Waals surface area contributed by atoms with Gasteiger partial charge in [-0.05, 0) is 89.5 Å². The first-order valence-electron chi connectivity index (χ1n) is 13.0. The number of nitrogens with zero attached hydrogens (tertiary/aromatic N) is 3. The normalized spacial score (nSPS) is 33.7. The summed E-state index contributed by atoms with van der Waals surface area (Å²) < 4.78 is 9.62. The Morgan fingerprint density at radius 2 is 1.74 bits per heavy atom. The smallest absolute Gasteiger partial charge is 0.165 e. The molecule has 1 aliphatic carbocycles. The standard InChI is InChI=1S/C26H45IN3O/c1-20(21(2)27)24-6-12-29(13-7-24)19-23-16-26(17-23)31-25-8-14-30(15-9-25)18-22-4-10-28(3)11-5-22/h8,20-26H,4-7,9-13,15-19H2,1-3H3/q+1/t20?,21-,23?,25?,26?/m1/s1. The van der Waals surface area contributed by atoms with Crippen molar-refractivity contribution in [1.82, 2.24) is 9.80 Å². The van der Waals surface area contributed by atoms with E-state index < -0.39 is 0 Å². The second-order valence-electron chi connectivity index (χ2n) is 11.1. The molecule has 4 rings (SSSR count). The summed E-state index contributed by atoms with van der Waals surface area (Å²) >= 11 is 2.61. The van der Waals surface area contributed by atoms with Crippen LogP contribution in [0.4, 0.5) is 0 Å². The zero-order chi connectivity index (χ0) is 21.8. The molecule has 0 aromatic rings. The van der Waals surface area contributed by atoms with E-state index in [1.807, 2.05) is 0 Å². The molecule has 3 aliphatic heterocycles. The van der Waals surface area contributed by atoms with Gasteiger partial charge < -0.3 is 14.5 Å². The third-order valence-corrected chi connectivity index (χ3v) is 9.75. The van der Waals surface area contributed by atoms with Crippen LogP contribution < -0.4 is 0 Å². The van der Waals surface area contributed by atoms with E-state index in [1.54, 1.807) is 0 Å². The van der Waals surface area contributed by atoms with E-state index in [2.05, 4.69) is 69.8 Å². The van der Waals surface area contributed by atoms with Gasteiger partial charge in [-0.25, -0.2) is 0 Å². The molecule has 0 aromatic heterocycles. The third kappa shape index (κ3) is 7.02. The Hall–Kier alpha value is 0.0600. The summed E-state index contributed by atoms with van der Waals surface area (Å²) in [6.45, 7) is 13.6. The van der Waals surface area contributed by atoms with Gasteiger partial charge in [0.1, 0.15) is 0 Å². The summed E-state index contributed by atoms with van der Waals surface area (Å²) in [5.74, 6) is 7.05. The molecule has 4 aliphatic rings. The minimum Gasteiger partial charge on any atom is -0.370 e. The number of likely N-dealkylation sites (tertiary alicyclic amines) is 2. The van der Waals surface area contributed by atoms with Gasteiger partial charge in [0.05, 0.1) is 18.3 Å². The molecule has 2 saturated heterocycles. The summed E-state index contributed by atoms with van der Waals surface area (Å²) in [5.41, 5.74) is 0. The predicted molar refractivity (Wildman–Crippen MR) is 138 cm³/mol. The molecular weight excluding hydrogens is 497 g/mol. The lowest BCUT2D eigenvalue weighted by atomic mass is 9.80. The van der Waals surface area contributed by atoms with Gasteiger partial charge in [-0.3, -0.25) is 0 Å². The monoisotopic (exact) mass is 542 g/mol.